The maximum absolute atomic E-state index is 13.9. The van der Waals surface area contributed by atoms with Crippen LogP contribution in [-0.4, -0.2) is 44.3 Å². The molecule has 0 aromatic heterocycles. The first-order valence-corrected chi connectivity index (χ1v) is 14.5. The van der Waals surface area contributed by atoms with E-state index in [1.807, 2.05) is 0 Å². The van der Waals surface area contributed by atoms with Gasteiger partial charge in [0.25, 0.3) is 10.0 Å². The van der Waals surface area contributed by atoms with E-state index >= 15 is 0 Å². The molecular weight excluding hydrogens is 569 g/mol. The largest absolute Gasteiger partial charge is 0.355 e. The van der Waals surface area contributed by atoms with Crippen LogP contribution in [0.2, 0.25) is 15.1 Å². The second kappa shape index (κ2) is 13.3. The van der Waals surface area contributed by atoms with E-state index in [4.69, 9.17) is 34.8 Å². The minimum absolute atomic E-state index is 0.00171. The molecule has 38 heavy (non-hydrogen) atoms. The van der Waals surface area contributed by atoms with Crippen LogP contribution in [0.1, 0.15) is 25.8 Å². The summed E-state index contributed by atoms with van der Waals surface area (Å²) in [4.78, 5) is 28.2. The molecule has 0 fully saturated rings. The van der Waals surface area contributed by atoms with Crippen LogP contribution in [0.3, 0.4) is 0 Å². The van der Waals surface area contributed by atoms with Crippen molar-refractivity contribution in [1.29, 1.82) is 0 Å². The van der Waals surface area contributed by atoms with Crippen molar-refractivity contribution in [3.8, 4) is 0 Å². The number of carbonyl (C=O) groups is 2. The normalized spacial score (nSPS) is 12.0. The molecule has 1 N–H and O–H groups in total. The third kappa shape index (κ3) is 6.99. The SMILES string of the molecule is CCNC(=O)C(CC)N(Cc1ccccc1Cl)C(=O)CN(c1ccc(Cl)cc1Cl)S(=O)(=O)c1ccccc1. The maximum atomic E-state index is 13.9. The van der Waals surface area contributed by atoms with Gasteiger partial charge in [-0.25, -0.2) is 8.42 Å². The molecule has 0 heterocycles. The smallest absolute Gasteiger partial charge is 0.264 e. The molecule has 7 nitrogen and oxygen atoms in total. The van der Waals surface area contributed by atoms with Crippen LogP contribution in [0, 0.1) is 0 Å². The van der Waals surface area contributed by atoms with Gasteiger partial charge in [-0.1, -0.05) is 78.1 Å². The summed E-state index contributed by atoms with van der Waals surface area (Å²) in [7, 11) is -4.23. The van der Waals surface area contributed by atoms with Gasteiger partial charge in [0, 0.05) is 23.1 Å². The number of hydrogen-bond donors (Lipinski definition) is 1. The van der Waals surface area contributed by atoms with Crippen molar-refractivity contribution < 1.29 is 18.0 Å². The molecule has 0 aliphatic carbocycles. The minimum atomic E-state index is -4.23. The predicted molar refractivity (Wildman–Crippen MR) is 152 cm³/mol. The molecule has 0 spiro atoms. The molecule has 0 aliphatic rings. The summed E-state index contributed by atoms with van der Waals surface area (Å²) in [6.07, 6.45) is 0.301. The molecule has 1 unspecified atom stereocenters. The highest BCUT2D eigenvalue weighted by Crippen LogP contribution is 2.33. The van der Waals surface area contributed by atoms with E-state index in [2.05, 4.69) is 5.32 Å². The van der Waals surface area contributed by atoms with Gasteiger partial charge in [-0.2, -0.15) is 0 Å². The number of anilines is 1. The van der Waals surface area contributed by atoms with Crippen LogP contribution in [0.4, 0.5) is 5.69 Å². The molecule has 0 radical (unpaired) electrons. The van der Waals surface area contributed by atoms with E-state index in [0.29, 0.717) is 28.6 Å². The Hall–Kier alpha value is -2.78. The number of amides is 2. The number of halogens is 3. The highest BCUT2D eigenvalue weighted by molar-refractivity contribution is 7.92. The van der Waals surface area contributed by atoms with Crippen molar-refractivity contribution in [1.82, 2.24) is 10.2 Å². The Balaban J connectivity index is 2.10. The van der Waals surface area contributed by atoms with Crippen LogP contribution in [0.15, 0.2) is 77.7 Å². The lowest BCUT2D eigenvalue weighted by Crippen LogP contribution is -2.52. The van der Waals surface area contributed by atoms with Crippen LogP contribution in [0.5, 0.6) is 0 Å². The zero-order chi connectivity index (χ0) is 27.9. The van der Waals surface area contributed by atoms with Crippen molar-refractivity contribution in [3.05, 3.63) is 93.4 Å². The molecule has 0 bridgehead atoms. The molecule has 0 saturated carbocycles. The number of hydrogen-bond acceptors (Lipinski definition) is 4. The molecule has 202 valence electrons. The molecule has 1 atom stereocenters. The van der Waals surface area contributed by atoms with Crippen molar-refractivity contribution in [2.45, 2.75) is 37.8 Å². The van der Waals surface area contributed by atoms with E-state index in [1.165, 1.54) is 35.2 Å². The number of nitrogens with zero attached hydrogens (tertiary/aromatic N) is 2. The van der Waals surface area contributed by atoms with Crippen molar-refractivity contribution in [3.63, 3.8) is 0 Å². The average Bonchev–Trinajstić information content (AvgIpc) is 2.89. The van der Waals surface area contributed by atoms with Gasteiger partial charge >= 0.3 is 0 Å². The molecule has 0 aliphatic heterocycles. The Morgan fingerprint density at radius 2 is 1.55 bits per heavy atom. The van der Waals surface area contributed by atoms with E-state index < -0.39 is 28.5 Å². The monoisotopic (exact) mass is 595 g/mol. The number of carbonyl (C=O) groups excluding carboxylic acids is 2. The molecule has 3 aromatic carbocycles. The van der Waals surface area contributed by atoms with Gasteiger partial charge < -0.3 is 10.2 Å². The van der Waals surface area contributed by atoms with Gasteiger partial charge in [0.15, 0.2) is 0 Å². The summed E-state index contributed by atoms with van der Waals surface area (Å²) in [6.45, 7) is 3.32. The van der Waals surface area contributed by atoms with Gasteiger partial charge in [-0.05, 0) is 55.3 Å². The Bertz CT molecular complexity index is 1390. The van der Waals surface area contributed by atoms with E-state index in [9.17, 15) is 18.0 Å². The fourth-order valence-corrected chi connectivity index (χ4v) is 6.15. The average molecular weight is 597 g/mol. The van der Waals surface area contributed by atoms with E-state index in [1.54, 1.807) is 56.3 Å². The Morgan fingerprint density at radius 1 is 0.895 bits per heavy atom. The Kier molecular flexibility index (Phi) is 10.4. The highest BCUT2D eigenvalue weighted by Gasteiger charge is 2.34. The first-order valence-electron chi connectivity index (χ1n) is 11.9. The zero-order valence-electron chi connectivity index (χ0n) is 20.9. The number of rotatable bonds is 11. The van der Waals surface area contributed by atoms with Gasteiger partial charge in [0.2, 0.25) is 11.8 Å². The number of nitrogens with one attached hydrogen (secondary N) is 1. The van der Waals surface area contributed by atoms with Gasteiger partial charge in [-0.3, -0.25) is 13.9 Å². The fourth-order valence-electron chi connectivity index (χ4n) is 3.94. The maximum Gasteiger partial charge on any atom is 0.264 e. The summed E-state index contributed by atoms with van der Waals surface area (Å²) in [5.74, 6) is -0.953. The lowest BCUT2D eigenvalue weighted by atomic mass is 10.1. The number of sulfonamides is 1. The summed E-state index contributed by atoms with van der Waals surface area (Å²) < 4.78 is 28.5. The lowest BCUT2D eigenvalue weighted by molar-refractivity contribution is -0.140. The van der Waals surface area contributed by atoms with Crippen molar-refractivity contribution in [2.24, 2.45) is 0 Å². The summed E-state index contributed by atoms with van der Waals surface area (Å²) >= 11 is 18.8. The summed E-state index contributed by atoms with van der Waals surface area (Å²) in [5, 5.41) is 3.54. The van der Waals surface area contributed by atoms with Crippen molar-refractivity contribution >= 4 is 62.3 Å². The van der Waals surface area contributed by atoms with Gasteiger partial charge in [0.1, 0.15) is 12.6 Å². The standard InChI is InChI=1S/C27H28Cl3N3O4S/c1-3-24(27(35)31-4-2)32(17-19-10-8-9-13-22(19)29)26(34)18-33(25-15-14-20(28)16-23(25)30)38(36,37)21-11-6-5-7-12-21/h5-16,24H,3-4,17-18H2,1-2H3,(H,31,35). The topological polar surface area (TPSA) is 86.8 Å². The molecule has 11 heteroatoms. The summed E-state index contributed by atoms with van der Waals surface area (Å²) in [6, 6.07) is 18.2. The minimum Gasteiger partial charge on any atom is -0.355 e. The highest BCUT2D eigenvalue weighted by atomic mass is 35.5. The summed E-state index contributed by atoms with van der Waals surface area (Å²) in [5.41, 5.74) is 0.698. The van der Waals surface area contributed by atoms with Crippen LogP contribution in [0.25, 0.3) is 0 Å². The van der Waals surface area contributed by atoms with Crippen molar-refractivity contribution in [2.75, 3.05) is 17.4 Å². The quantitative estimate of drug-likeness (QED) is 0.304. The van der Waals surface area contributed by atoms with Crippen LogP contribution >= 0.6 is 34.8 Å². The molecule has 0 saturated heterocycles. The Morgan fingerprint density at radius 3 is 2.16 bits per heavy atom. The third-order valence-corrected chi connectivity index (χ3v) is 8.50. The first kappa shape index (κ1) is 29.8. The molecule has 3 aromatic rings. The van der Waals surface area contributed by atoms with Crippen LogP contribution in [-0.2, 0) is 26.2 Å². The van der Waals surface area contributed by atoms with Gasteiger partial charge in [-0.15, -0.1) is 0 Å². The lowest BCUT2D eigenvalue weighted by Gasteiger charge is -2.33. The fraction of sp³-hybridized carbons (Fsp3) is 0.259. The molecule has 2 amide bonds. The van der Waals surface area contributed by atoms with E-state index in [0.717, 1.165) is 4.31 Å². The molecular formula is C27H28Cl3N3O4S. The second-order valence-electron chi connectivity index (χ2n) is 8.35. The van der Waals surface area contributed by atoms with Gasteiger partial charge in [0.05, 0.1) is 15.6 Å². The zero-order valence-corrected chi connectivity index (χ0v) is 24.0. The predicted octanol–water partition coefficient (Wildman–Crippen LogP) is 5.79. The second-order valence-corrected chi connectivity index (χ2v) is 11.5. The van der Waals surface area contributed by atoms with Crippen LogP contribution < -0.4 is 9.62 Å². The number of benzene rings is 3. The molecule has 3 rings (SSSR count). The Labute approximate surface area is 238 Å². The number of likely N-dealkylation sites (N-methyl/N-ethyl adjacent to an activating group) is 1. The van der Waals surface area contributed by atoms with E-state index in [-0.39, 0.29) is 28.1 Å². The third-order valence-electron chi connectivity index (χ3n) is 5.82. The first-order chi connectivity index (χ1) is 18.1.